The van der Waals surface area contributed by atoms with E-state index < -0.39 is 0 Å². The van der Waals surface area contributed by atoms with Crippen molar-refractivity contribution in [1.29, 1.82) is 0 Å². The van der Waals surface area contributed by atoms with Gasteiger partial charge in [-0.15, -0.1) is 0 Å². The largest absolute Gasteiger partial charge is 0.508 e. The van der Waals surface area contributed by atoms with Crippen LogP contribution in [0.25, 0.3) is 0 Å². The van der Waals surface area contributed by atoms with Crippen LogP contribution >= 0.6 is 0 Å². The van der Waals surface area contributed by atoms with E-state index >= 15 is 0 Å². The highest BCUT2D eigenvalue weighted by Gasteiger charge is 2.22. The predicted molar refractivity (Wildman–Crippen MR) is 93.7 cm³/mol. The second-order valence-corrected chi connectivity index (χ2v) is 6.82. The zero-order valence-corrected chi connectivity index (χ0v) is 14.6. The average Bonchev–Trinajstić information content (AvgIpc) is 2.52. The van der Waals surface area contributed by atoms with Gasteiger partial charge in [-0.2, -0.15) is 0 Å². The van der Waals surface area contributed by atoms with E-state index in [-0.39, 0.29) is 11.2 Å². The summed E-state index contributed by atoms with van der Waals surface area (Å²) in [6.07, 6.45) is 0. The lowest BCUT2D eigenvalue weighted by Gasteiger charge is -2.26. The van der Waals surface area contributed by atoms with Crippen molar-refractivity contribution in [1.82, 2.24) is 0 Å². The molecule has 1 N–H and O–H groups in total. The third kappa shape index (κ3) is 4.41. The number of phenolic OH excluding ortho intramolecular Hbond substituents is 1. The van der Waals surface area contributed by atoms with Gasteiger partial charge in [-0.25, -0.2) is 0 Å². The van der Waals surface area contributed by atoms with Crippen LogP contribution in [0.15, 0.2) is 42.5 Å². The first-order valence-electron chi connectivity index (χ1n) is 7.93. The third-order valence-corrected chi connectivity index (χ3v) is 4.03. The number of hydrogen-bond donors (Lipinski definition) is 1. The number of phenols is 1. The van der Waals surface area contributed by atoms with Crippen molar-refractivity contribution in [3.8, 4) is 17.2 Å². The van der Waals surface area contributed by atoms with E-state index in [1.54, 1.807) is 19.2 Å². The second-order valence-electron chi connectivity index (χ2n) is 6.82. The fourth-order valence-corrected chi connectivity index (χ4v) is 2.40. The maximum absolute atomic E-state index is 9.67. The molecule has 2 rings (SSSR count). The molecule has 0 aliphatic carbocycles. The Kier molecular flexibility index (Phi) is 5.19. The predicted octanol–water partition coefficient (Wildman–Crippen LogP) is 4.88. The molecule has 23 heavy (non-hydrogen) atoms. The summed E-state index contributed by atoms with van der Waals surface area (Å²) in [5.74, 6) is 2.30. The van der Waals surface area contributed by atoms with Crippen LogP contribution in [0.4, 0.5) is 0 Å². The molecule has 0 amide bonds. The first-order chi connectivity index (χ1) is 10.8. The molecule has 0 bridgehead atoms. The molecule has 0 aromatic heterocycles. The minimum absolute atomic E-state index is 0.209. The number of rotatable bonds is 6. The van der Waals surface area contributed by atoms with Crippen LogP contribution < -0.4 is 9.47 Å². The molecule has 0 spiro atoms. The molecule has 124 valence electrons. The van der Waals surface area contributed by atoms with Crippen molar-refractivity contribution in [2.75, 3.05) is 13.7 Å². The molecule has 0 radical (unpaired) electrons. The van der Waals surface area contributed by atoms with E-state index in [1.807, 2.05) is 24.3 Å². The lowest BCUT2D eigenvalue weighted by Crippen LogP contribution is -2.26. The van der Waals surface area contributed by atoms with Gasteiger partial charge in [0.2, 0.25) is 0 Å². The molecule has 0 unspecified atom stereocenters. The van der Waals surface area contributed by atoms with Crippen molar-refractivity contribution in [2.45, 2.75) is 39.0 Å². The van der Waals surface area contributed by atoms with Crippen LogP contribution in [0.2, 0.25) is 0 Å². The van der Waals surface area contributed by atoms with Gasteiger partial charge < -0.3 is 14.6 Å². The van der Waals surface area contributed by atoms with E-state index in [0.29, 0.717) is 12.5 Å². The summed E-state index contributed by atoms with van der Waals surface area (Å²) < 4.78 is 11.4. The molecule has 0 heterocycles. The molecular weight excluding hydrogens is 288 g/mol. The van der Waals surface area contributed by atoms with Crippen LogP contribution in [-0.2, 0) is 5.41 Å². The molecule has 3 heteroatoms. The minimum Gasteiger partial charge on any atom is -0.508 e. The molecule has 0 saturated heterocycles. The summed E-state index contributed by atoms with van der Waals surface area (Å²) in [6.45, 7) is 9.02. The Morgan fingerprint density at radius 1 is 1.04 bits per heavy atom. The van der Waals surface area contributed by atoms with E-state index in [2.05, 4.69) is 33.8 Å². The Hall–Kier alpha value is -2.16. The summed E-state index contributed by atoms with van der Waals surface area (Å²) >= 11 is 0. The topological polar surface area (TPSA) is 38.7 Å². The Bertz CT molecular complexity index is 660. The Balaban J connectivity index is 2.17. The van der Waals surface area contributed by atoms with Gasteiger partial charge in [0.15, 0.2) is 0 Å². The van der Waals surface area contributed by atoms with Gasteiger partial charge >= 0.3 is 0 Å². The number of ether oxygens (including phenoxy) is 2. The van der Waals surface area contributed by atoms with Gasteiger partial charge in [-0.3, -0.25) is 0 Å². The van der Waals surface area contributed by atoms with Crippen molar-refractivity contribution >= 4 is 0 Å². The van der Waals surface area contributed by atoms with E-state index in [4.69, 9.17) is 9.47 Å². The van der Waals surface area contributed by atoms with Crippen LogP contribution in [0, 0.1) is 0 Å². The lowest BCUT2D eigenvalue weighted by atomic mass is 9.85. The van der Waals surface area contributed by atoms with Gasteiger partial charge in [-0.05, 0) is 41.3 Å². The van der Waals surface area contributed by atoms with Crippen LogP contribution in [0.3, 0.4) is 0 Å². The van der Waals surface area contributed by atoms with Crippen molar-refractivity contribution in [3.05, 3.63) is 53.6 Å². The quantitative estimate of drug-likeness (QED) is 0.826. The van der Waals surface area contributed by atoms with Crippen LogP contribution in [-0.4, -0.2) is 18.8 Å². The average molecular weight is 314 g/mol. The number of methoxy groups -OCH3 is 1. The van der Waals surface area contributed by atoms with Crippen LogP contribution in [0.1, 0.15) is 44.7 Å². The minimum atomic E-state index is -0.209. The fraction of sp³-hybridized carbons (Fsp3) is 0.400. The third-order valence-electron chi connectivity index (χ3n) is 4.03. The van der Waals surface area contributed by atoms with Crippen molar-refractivity contribution in [2.24, 2.45) is 0 Å². The fourth-order valence-electron chi connectivity index (χ4n) is 2.40. The van der Waals surface area contributed by atoms with Gasteiger partial charge in [0.05, 0.1) is 13.7 Å². The molecule has 0 saturated carbocycles. The molecule has 3 nitrogen and oxygen atoms in total. The maximum atomic E-state index is 9.67. The molecule has 0 atom stereocenters. The van der Waals surface area contributed by atoms with Gasteiger partial charge in [0.1, 0.15) is 17.2 Å². The molecule has 2 aromatic rings. The van der Waals surface area contributed by atoms with E-state index in [9.17, 15) is 5.11 Å². The normalized spacial score (nSPS) is 11.6. The highest BCUT2D eigenvalue weighted by atomic mass is 16.5. The van der Waals surface area contributed by atoms with Gasteiger partial charge in [0, 0.05) is 11.5 Å². The lowest BCUT2D eigenvalue weighted by molar-refractivity contribution is 0.239. The van der Waals surface area contributed by atoms with E-state index in [1.165, 1.54) is 5.56 Å². The molecule has 0 aliphatic rings. The number of aromatic hydroxyl groups is 1. The Labute approximate surface area is 138 Å². The number of hydrogen-bond acceptors (Lipinski definition) is 3. The molecule has 2 aromatic carbocycles. The monoisotopic (exact) mass is 314 g/mol. The second kappa shape index (κ2) is 6.95. The summed E-state index contributed by atoms with van der Waals surface area (Å²) in [7, 11) is 1.67. The Morgan fingerprint density at radius 2 is 1.74 bits per heavy atom. The Morgan fingerprint density at radius 3 is 2.35 bits per heavy atom. The molecule has 0 aliphatic heterocycles. The smallest absolute Gasteiger partial charge is 0.123 e. The maximum Gasteiger partial charge on any atom is 0.123 e. The van der Waals surface area contributed by atoms with E-state index in [0.717, 1.165) is 17.1 Å². The van der Waals surface area contributed by atoms with Crippen molar-refractivity contribution in [3.63, 3.8) is 0 Å². The number of benzene rings is 2. The summed E-state index contributed by atoms with van der Waals surface area (Å²) in [4.78, 5) is 0. The van der Waals surface area contributed by atoms with Gasteiger partial charge in [0.25, 0.3) is 0 Å². The summed E-state index contributed by atoms with van der Waals surface area (Å²) in [5, 5.41) is 9.67. The first-order valence-corrected chi connectivity index (χ1v) is 7.93. The standard InChI is InChI=1S/C20H26O3/c1-14(2)15-9-18(22-5)12-19(10-15)23-13-20(3,4)16-7-6-8-17(21)11-16/h6-12,14,21H,13H2,1-5H3. The SMILES string of the molecule is COc1cc(OCC(C)(C)c2cccc(O)c2)cc(C(C)C)c1. The van der Waals surface area contributed by atoms with Crippen molar-refractivity contribution < 1.29 is 14.6 Å². The zero-order chi connectivity index (χ0) is 17.0. The molecular formula is C20H26O3. The van der Waals surface area contributed by atoms with Gasteiger partial charge in [-0.1, -0.05) is 39.8 Å². The van der Waals surface area contributed by atoms with Crippen LogP contribution in [0.5, 0.6) is 17.2 Å². The molecule has 0 fully saturated rings. The highest BCUT2D eigenvalue weighted by molar-refractivity contribution is 5.40. The first kappa shape index (κ1) is 17.2. The zero-order valence-electron chi connectivity index (χ0n) is 14.6. The summed E-state index contributed by atoms with van der Waals surface area (Å²) in [5.41, 5.74) is 2.03. The summed E-state index contributed by atoms with van der Waals surface area (Å²) in [6, 6.07) is 13.3. The highest BCUT2D eigenvalue weighted by Crippen LogP contribution is 2.30.